The number of benzene rings is 1. The third kappa shape index (κ3) is 3.88. The molecule has 0 unspecified atom stereocenters. The standard InChI is InChI=1S/C15H22N2O2/c1-19-14-10-12(7-8-13(14)16)17-15(18)9-6-11-4-2-3-5-11/h7-8,10-11H,2-6,9,16H2,1H3,(H,17,18). The van der Waals surface area contributed by atoms with Gasteiger partial charge in [-0.1, -0.05) is 25.7 Å². The van der Waals surface area contributed by atoms with Crippen molar-refractivity contribution >= 4 is 17.3 Å². The largest absolute Gasteiger partial charge is 0.495 e. The van der Waals surface area contributed by atoms with Crippen molar-refractivity contribution in [3.63, 3.8) is 0 Å². The van der Waals surface area contributed by atoms with E-state index in [1.807, 2.05) is 0 Å². The number of rotatable bonds is 5. The number of nitrogens with two attached hydrogens (primary N) is 1. The van der Waals surface area contributed by atoms with Crippen LogP contribution in [0.1, 0.15) is 38.5 Å². The lowest BCUT2D eigenvalue weighted by Gasteiger charge is -2.11. The molecule has 19 heavy (non-hydrogen) atoms. The second kappa shape index (κ2) is 6.45. The van der Waals surface area contributed by atoms with E-state index in [0.29, 0.717) is 17.9 Å². The number of hydrogen-bond acceptors (Lipinski definition) is 3. The van der Waals surface area contributed by atoms with Gasteiger partial charge in [0.2, 0.25) is 5.91 Å². The second-order valence-corrected chi connectivity index (χ2v) is 5.19. The number of nitrogens with one attached hydrogen (secondary N) is 1. The zero-order valence-electron chi connectivity index (χ0n) is 11.4. The minimum atomic E-state index is 0.0683. The van der Waals surface area contributed by atoms with Gasteiger partial charge < -0.3 is 15.8 Å². The molecular weight excluding hydrogens is 240 g/mol. The summed E-state index contributed by atoms with van der Waals surface area (Å²) in [7, 11) is 1.57. The first-order valence-corrected chi connectivity index (χ1v) is 6.92. The van der Waals surface area contributed by atoms with Crippen molar-refractivity contribution in [1.82, 2.24) is 0 Å². The maximum absolute atomic E-state index is 11.9. The van der Waals surface area contributed by atoms with Gasteiger partial charge in [0, 0.05) is 18.2 Å². The number of ether oxygens (including phenoxy) is 1. The van der Waals surface area contributed by atoms with Crippen LogP contribution in [-0.4, -0.2) is 13.0 Å². The highest BCUT2D eigenvalue weighted by molar-refractivity contribution is 5.91. The summed E-state index contributed by atoms with van der Waals surface area (Å²) in [5.74, 6) is 1.40. The van der Waals surface area contributed by atoms with Crippen LogP contribution in [0.3, 0.4) is 0 Å². The molecule has 0 aromatic heterocycles. The van der Waals surface area contributed by atoms with Crippen molar-refractivity contribution in [3.8, 4) is 5.75 Å². The molecular formula is C15H22N2O2. The Morgan fingerprint density at radius 1 is 1.42 bits per heavy atom. The molecule has 0 aliphatic heterocycles. The molecule has 104 valence electrons. The molecule has 0 radical (unpaired) electrons. The van der Waals surface area contributed by atoms with Crippen molar-refractivity contribution < 1.29 is 9.53 Å². The highest BCUT2D eigenvalue weighted by Gasteiger charge is 2.16. The van der Waals surface area contributed by atoms with E-state index in [1.165, 1.54) is 25.7 Å². The Morgan fingerprint density at radius 3 is 2.84 bits per heavy atom. The summed E-state index contributed by atoms with van der Waals surface area (Å²) in [5.41, 5.74) is 7.05. The first kappa shape index (κ1) is 13.7. The van der Waals surface area contributed by atoms with Crippen molar-refractivity contribution in [2.75, 3.05) is 18.2 Å². The fourth-order valence-electron chi connectivity index (χ4n) is 2.65. The summed E-state index contributed by atoms with van der Waals surface area (Å²) in [6.07, 6.45) is 6.80. The van der Waals surface area contributed by atoms with Gasteiger partial charge in [-0.05, 0) is 24.5 Å². The minimum Gasteiger partial charge on any atom is -0.495 e. The van der Waals surface area contributed by atoms with E-state index in [-0.39, 0.29) is 5.91 Å². The average Bonchev–Trinajstić information content (AvgIpc) is 2.92. The van der Waals surface area contributed by atoms with Gasteiger partial charge in [0.05, 0.1) is 12.8 Å². The van der Waals surface area contributed by atoms with Gasteiger partial charge in [0.25, 0.3) is 0 Å². The maximum atomic E-state index is 11.9. The zero-order valence-corrected chi connectivity index (χ0v) is 11.4. The van der Waals surface area contributed by atoms with Crippen LogP contribution in [0.25, 0.3) is 0 Å². The molecule has 0 atom stereocenters. The summed E-state index contributed by atoms with van der Waals surface area (Å²) >= 11 is 0. The van der Waals surface area contributed by atoms with Crippen molar-refractivity contribution in [2.45, 2.75) is 38.5 Å². The van der Waals surface area contributed by atoms with Gasteiger partial charge in [-0.25, -0.2) is 0 Å². The lowest BCUT2D eigenvalue weighted by atomic mass is 10.0. The van der Waals surface area contributed by atoms with Crippen LogP contribution in [0, 0.1) is 5.92 Å². The van der Waals surface area contributed by atoms with E-state index in [0.717, 1.165) is 18.0 Å². The number of amides is 1. The minimum absolute atomic E-state index is 0.0683. The summed E-state index contributed by atoms with van der Waals surface area (Å²) in [6, 6.07) is 5.29. The Balaban J connectivity index is 1.84. The number of carbonyl (C=O) groups excluding carboxylic acids is 1. The van der Waals surface area contributed by atoms with Gasteiger partial charge in [-0.2, -0.15) is 0 Å². The second-order valence-electron chi connectivity index (χ2n) is 5.19. The molecule has 0 bridgehead atoms. The Morgan fingerprint density at radius 2 is 2.16 bits per heavy atom. The Bertz CT molecular complexity index is 440. The van der Waals surface area contributed by atoms with Crippen LogP contribution in [0.4, 0.5) is 11.4 Å². The summed E-state index contributed by atoms with van der Waals surface area (Å²) in [4.78, 5) is 11.9. The van der Waals surface area contributed by atoms with Crippen LogP contribution in [-0.2, 0) is 4.79 Å². The van der Waals surface area contributed by atoms with Crippen molar-refractivity contribution in [2.24, 2.45) is 5.92 Å². The number of methoxy groups -OCH3 is 1. The molecule has 3 N–H and O–H groups in total. The van der Waals surface area contributed by atoms with Crippen LogP contribution in [0.5, 0.6) is 5.75 Å². The van der Waals surface area contributed by atoms with Gasteiger partial charge in [0.1, 0.15) is 5.75 Å². The molecule has 2 rings (SSSR count). The zero-order chi connectivity index (χ0) is 13.7. The SMILES string of the molecule is COc1cc(NC(=O)CCC2CCCC2)ccc1N. The highest BCUT2D eigenvalue weighted by atomic mass is 16.5. The Kier molecular flexibility index (Phi) is 4.66. The molecule has 4 heteroatoms. The van der Waals surface area contributed by atoms with Crippen molar-refractivity contribution in [1.29, 1.82) is 0 Å². The first-order chi connectivity index (χ1) is 9.19. The van der Waals surface area contributed by atoms with Crippen LogP contribution >= 0.6 is 0 Å². The third-order valence-electron chi connectivity index (χ3n) is 3.77. The smallest absolute Gasteiger partial charge is 0.224 e. The summed E-state index contributed by atoms with van der Waals surface area (Å²) < 4.78 is 5.13. The molecule has 4 nitrogen and oxygen atoms in total. The van der Waals surface area contributed by atoms with E-state index in [1.54, 1.807) is 25.3 Å². The van der Waals surface area contributed by atoms with E-state index in [9.17, 15) is 4.79 Å². The quantitative estimate of drug-likeness (QED) is 0.801. The molecule has 0 spiro atoms. The highest BCUT2D eigenvalue weighted by Crippen LogP contribution is 2.29. The van der Waals surface area contributed by atoms with E-state index < -0.39 is 0 Å². The number of carbonyl (C=O) groups is 1. The van der Waals surface area contributed by atoms with Gasteiger partial charge in [-0.3, -0.25) is 4.79 Å². The summed E-state index contributed by atoms with van der Waals surface area (Å²) in [5, 5.41) is 2.89. The lowest BCUT2D eigenvalue weighted by Crippen LogP contribution is -2.12. The monoisotopic (exact) mass is 262 g/mol. The molecule has 1 fully saturated rings. The number of nitrogen functional groups attached to an aromatic ring is 1. The van der Waals surface area contributed by atoms with Crippen LogP contribution in [0.2, 0.25) is 0 Å². The summed E-state index contributed by atoms with van der Waals surface area (Å²) in [6.45, 7) is 0. The average molecular weight is 262 g/mol. The maximum Gasteiger partial charge on any atom is 0.224 e. The fraction of sp³-hybridized carbons (Fsp3) is 0.533. The number of anilines is 2. The molecule has 1 aliphatic carbocycles. The topological polar surface area (TPSA) is 64.3 Å². The van der Waals surface area contributed by atoms with E-state index in [4.69, 9.17) is 10.5 Å². The Hall–Kier alpha value is -1.71. The molecule has 1 saturated carbocycles. The molecule has 1 aliphatic rings. The molecule has 1 amide bonds. The van der Waals surface area contributed by atoms with E-state index in [2.05, 4.69) is 5.32 Å². The molecule has 1 aromatic carbocycles. The van der Waals surface area contributed by atoms with Crippen LogP contribution < -0.4 is 15.8 Å². The van der Waals surface area contributed by atoms with Crippen molar-refractivity contribution in [3.05, 3.63) is 18.2 Å². The number of hydrogen-bond donors (Lipinski definition) is 2. The predicted molar refractivity (Wildman–Crippen MR) is 77.2 cm³/mol. The third-order valence-corrected chi connectivity index (χ3v) is 3.77. The first-order valence-electron chi connectivity index (χ1n) is 6.92. The van der Waals surface area contributed by atoms with Crippen LogP contribution in [0.15, 0.2) is 18.2 Å². The predicted octanol–water partition coefficient (Wildman–Crippen LogP) is 3.19. The van der Waals surface area contributed by atoms with Gasteiger partial charge in [0.15, 0.2) is 0 Å². The Labute approximate surface area is 114 Å². The normalized spacial score (nSPS) is 15.4. The van der Waals surface area contributed by atoms with Gasteiger partial charge in [-0.15, -0.1) is 0 Å². The molecule has 0 saturated heterocycles. The lowest BCUT2D eigenvalue weighted by molar-refractivity contribution is -0.116. The molecule has 0 heterocycles. The van der Waals surface area contributed by atoms with Gasteiger partial charge >= 0.3 is 0 Å². The fourth-order valence-corrected chi connectivity index (χ4v) is 2.65. The molecule has 1 aromatic rings. The van der Waals surface area contributed by atoms with E-state index >= 15 is 0 Å².